The molecule has 0 saturated carbocycles. The monoisotopic (exact) mass is 633 g/mol. The predicted octanol–water partition coefficient (Wildman–Crippen LogP) is 8.83. The molecule has 0 spiro atoms. The average molecular weight is 635 g/mol. The van der Waals surface area contributed by atoms with Gasteiger partial charge in [-0.15, -0.1) is 0 Å². The van der Waals surface area contributed by atoms with Gasteiger partial charge >= 0.3 is 0 Å². The third-order valence-corrected chi connectivity index (χ3v) is 9.19. The maximum absolute atomic E-state index is 14.0. The normalized spacial score (nSPS) is 20.0. The molecule has 0 fully saturated rings. The van der Waals surface area contributed by atoms with Gasteiger partial charge in [-0.25, -0.2) is 0 Å². The smallest absolute Gasteiger partial charge is 0.175 e. The van der Waals surface area contributed by atoms with E-state index in [4.69, 9.17) is 9.47 Å². The summed E-state index contributed by atoms with van der Waals surface area (Å²) < 4.78 is 13.2. The minimum atomic E-state index is -0.420. The summed E-state index contributed by atoms with van der Waals surface area (Å²) in [5.41, 5.74) is 6.65. The Morgan fingerprint density at radius 1 is 0.881 bits per heavy atom. The summed E-state index contributed by atoms with van der Waals surface area (Å²) in [6.45, 7) is 16.6. The number of Topliss-reactive ketones (excluding diaryl/α,β-unsaturated/α-hetero) is 2. The number of carbonyl (C=O) groups excluding carboxylic acids is 2. The first-order chi connectivity index (χ1) is 19.8. The Labute approximate surface area is 259 Å². The van der Waals surface area contributed by atoms with E-state index in [1.54, 1.807) is 0 Å². The summed E-state index contributed by atoms with van der Waals surface area (Å²) in [5, 5.41) is 0. The molecule has 0 N–H and O–H groups in total. The van der Waals surface area contributed by atoms with E-state index in [0.29, 0.717) is 37.6 Å². The second kappa shape index (κ2) is 11.7. The predicted molar refractivity (Wildman–Crippen MR) is 171 cm³/mol. The number of ether oxygens (including phenoxy) is 2. The van der Waals surface area contributed by atoms with E-state index >= 15 is 0 Å². The van der Waals surface area contributed by atoms with Crippen molar-refractivity contribution >= 4 is 27.5 Å². The molecule has 0 radical (unpaired) electrons. The molecule has 0 unspecified atom stereocenters. The number of rotatable bonds is 8. The lowest BCUT2D eigenvalue weighted by Gasteiger charge is -2.49. The topological polar surface area (TPSA) is 55.8 Å². The molecule has 1 heterocycles. The molecule has 42 heavy (non-hydrogen) atoms. The largest absolute Gasteiger partial charge is 0.490 e. The van der Waals surface area contributed by atoms with Crippen molar-refractivity contribution in [3.63, 3.8) is 0 Å². The lowest BCUT2D eigenvalue weighted by atomic mass is 9.63. The molecule has 0 saturated heterocycles. The minimum Gasteiger partial charge on any atom is -0.490 e. The number of benzene rings is 2. The van der Waals surface area contributed by atoms with Gasteiger partial charge in [0.1, 0.15) is 6.61 Å². The molecule has 0 aromatic heterocycles. The van der Waals surface area contributed by atoms with Gasteiger partial charge in [0, 0.05) is 47.8 Å². The zero-order valence-corrected chi connectivity index (χ0v) is 27.7. The molecular weight excluding hydrogens is 590 g/mol. The molecule has 2 aromatic carbocycles. The van der Waals surface area contributed by atoms with Crippen molar-refractivity contribution in [2.75, 3.05) is 13.2 Å². The number of aryl methyl sites for hydroxylation is 1. The summed E-state index contributed by atoms with van der Waals surface area (Å²) in [5.74, 6) is 1.11. The summed E-state index contributed by atoms with van der Waals surface area (Å²) >= 11 is 3.78. The maximum Gasteiger partial charge on any atom is 0.175 e. The number of allylic oxidation sites excluding steroid dienone is 4. The van der Waals surface area contributed by atoms with Gasteiger partial charge < -0.3 is 14.4 Å². The van der Waals surface area contributed by atoms with Crippen LogP contribution in [-0.4, -0.2) is 29.6 Å². The Hall–Kier alpha value is -2.86. The first-order valence-corrected chi connectivity index (χ1v) is 16.1. The number of carbonyl (C=O) groups is 2. The highest BCUT2D eigenvalue weighted by Crippen LogP contribution is 2.55. The molecular formula is C36H44BrNO4. The Kier molecular flexibility index (Phi) is 8.50. The fourth-order valence-corrected chi connectivity index (χ4v) is 7.56. The lowest BCUT2D eigenvalue weighted by Crippen LogP contribution is -2.44. The second-order valence-electron chi connectivity index (χ2n) is 13.7. The van der Waals surface area contributed by atoms with Gasteiger partial charge in [0.15, 0.2) is 23.1 Å². The number of hydrogen-bond donors (Lipinski definition) is 0. The molecule has 0 bridgehead atoms. The van der Waals surface area contributed by atoms with Gasteiger partial charge in [-0.05, 0) is 83.1 Å². The van der Waals surface area contributed by atoms with Crippen molar-refractivity contribution < 1.29 is 19.1 Å². The van der Waals surface area contributed by atoms with E-state index in [1.165, 1.54) is 5.56 Å². The van der Waals surface area contributed by atoms with Crippen molar-refractivity contribution in [2.24, 2.45) is 10.8 Å². The van der Waals surface area contributed by atoms with Crippen molar-refractivity contribution in [1.29, 1.82) is 0 Å². The summed E-state index contributed by atoms with van der Waals surface area (Å²) in [6.07, 6.45) is 3.51. The van der Waals surface area contributed by atoms with Crippen LogP contribution in [0.4, 0.5) is 0 Å². The fourth-order valence-electron chi connectivity index (χ4n) is 6.99. The van der Waals surface area contributed by atoms with E-state index in [9.17, 15) is 9.59 Å². The molecule has 3 aliphatic rings. The third-order valence-electron chi connectivity index (χ3n) is 8.60. The van der Waals surface area contributed by atoms with E-state index in [0.717, 1.165) is 63.9 Å². The maximum atomic E-state index is 14.0. The van der Waals surface area contributed by atoms with Crippen LogP contribution in [0.15, 0.2) is 63.4 Å². The summed E-state index contributed by atoms with van der Waals surface area (Å²) in [6, 6.07) is 12.3. The molecule has 0 atom stereocenters. The number of hydrogen-bond acceptors (Lipinski definition) is 5. The van der Waals surface area contributed by atoms with Crippen LogP contribution in [0.3, 0.4) is 0 Å². The van der Waals surface area contributed by atoms with Crippen LogP contribution in [0.5, 0.6) is 11.5 Å². The molecule has 2 aliphatic carbocycles. The van der Waals surface area contributed by atoms with Crippen molar-refractivity contribution in [2.45, 2.75) is 93.1 Å². The molecule has 224 valence electrons. The van der Waals surface area contributed by atoms with E-state index in [1.807, 2.05) is 31.2 Å². The van der Waals surface area contributed by atoms with E-state index < -0.39 is 5.92 Å². The zero-order valence-electron chi connectivity index (χ0n) is 26.2. The van der Waals surface area contributed by atoms with Crippen LogP contribution < -0.4 is 9.47 Å². The fraction of sp³-hybridized carbons (Fsp3) is 0.500. The van der Waals surface area contributed by atoms with Gasteiger partial charge in [-0.1, -0.05) is 64.4 Å². The van der Waals surface area contributed by atoms with Crippen LogP contribution in [0, 0.1) is 17.8 Å². The van der Waals surface area contributed by atoms with Gasteiger partial charge in [0.05, 0.1) is 11.1 Å². The first kappa shape index (κ1) is 30.6. The van der Waals surface area contributed by atoms with Crippen molar-refractivity contribution in [3.8, 4) is 11.5 Å². The molecule has 5 rings (SSSR count). The highest BCUT2D eigenvalue weighted by molar-refractivity contribution is 9.10. The second-order valence-corrected chi connectivity index (χ2v) is 14.6. The van der Waals surface area contributed by atoms with Crippen LogP contribution in [-0.2, 0) is 16.2 Å². The standard InChI is InChI=1S/C36H44BrNO4/c1-8-13-38-26-17-35(4,5)19-28(39)32(26)31(33-27(38)18-36(6,7)20-29(33)40)24-15-25(37)34(30(16-24)41-9-2)42-21-23-12-10-11-22(3)14-23/h10-12,14-16,31H,8-9,13,17-21H2,1-7H3. The third kappa shape index (κ3) is 5.97. The molecule has 5 nitrogen and oxygen atoms in total. The van der Waals surface area contributed by atoms with Crippen LogP contribution in [0.1, 0.15) is 96.3 Å². The zero-order chi connectivity index (χ0) is 30.4. The molecule has 1 aliphatic heterocycles. The number of ketones is 2. The van der Waals surface area contributed by atoms with Gasteiger partial charge in [-0.2, -0.15) is 0 Å². The molecule has 6 heteroatoms. The van der Waals surface area contributed by atoms with Crippen LogP contribution >= 0.6 is 15.9 Å². The lowest BCUT2D eigenvalue weighted by molar-refractivity contribution is -0.119. The Morgan fingerprint density at radius 2 is 1.50 bits per heavy atom. The Morgan fingerprint density at radius 3 is 2.05 bits per heavy atom. The average Bonchev–Trinajstić information content (AvgIpc) is 2.88. The van der Waals surface area contributed by atoms with E-state index in [2.05, 4.69) is 74.5 Å². The highest BCUT2D eigenvalue weighted by atomic mass is 79.9. The van der Waals surface area contributed by atoms with Crippen LogP contribution in [0.2, 0.25) is 0 Å². The van der Waals surface area contributed by atoms with Gasteiger partial charge in [-0.3, -0.25) is 9.59 Å². The van der Waals surface area contributed by atoms with E-state index in [-0.39, 0.29) is 22.4 Å². The van der Waals surface area contributed by atoms with Crippen LogP contribution in [0.25, 0.3) is 0 Å². The molecule has 2 aromatic rings. The van der Waals surface area contributed by atoms with Crippen molar-refractivity contribution in [1.82, 2.24) is 4.90 Å². The highest BCUT2D eigenvalue weighted by Gasteiger charge is 2.49. The first-order valence-electron chi connectivity index (χ1n) is 15.3. The minimum absolute atomic E-state index is 0.136. The van der Waals surface area contributed by atoms with Crippen molar-refractivity contribution in [3.05, 3.63) is 80.1 Å². The Bertz CT molecular complexity index is 1430. The SMILES string of the molecule is CCCN1C2=C(C(=O)CC(C)(C)C2)C(c2cc(Br)c(OCc3cccc(C)c3)c(OCC)c2)C2=C1CC(C)(C)CC2=O. The van der Waals surface area contributed by atoms with Gasteiger partial charge in [0.2, 0.25) is 0 Å². The quantitative estimate of drug-likeness (QED) is 0.291. The Balaban J connectivity index is 1.67. The molecule has 0 amide bonds. The van der Waals surface area contributed by atoms with Gasteiger partial charge in [0.25, 0.3) is 0 Å². The number of nitrogens with zero attached hydrogens (tertiary/aromatic N) is 1. The summed E-state index contributed by atoms with van der Waals surface area (Å²) in [7, 11) is 0. The number of halogens is 1. The summed E-state index contributed by atoms with van der Waals surface area (Å²) in [4.78, 5) is 30.4.